The minimum Gasteiger partial charge on any atom is -0.481 e. The highest BCUT2D eigenvalue weighted by molar-refractivity contribution is 8.14. The molecule has 0 unspecified atom stereocenters. The third-order valence-corrected chi connectivity index (χ3v) is 5.27. The predicted molar refractivity (Wildman–Crippen MR) is 90.9 cm³/mol. The van der Waals surface area contributed by atoms with Gasteiger partial charge >= 0.3 is 11.9 Å². The topological polar surface area (TPSA) is 90.2 Å². The number of carboxylic acid groups (broad SMARTS) is 2. The largest absolute Gasteiger partial charge is 0.481 e. The van der Waals surface area contributed by atoms with Crippen LogP contribution in [0.2, 0.25) is 0 Å². The maximum Gasteiger partial charge on any atom is 0.317 e. The summed E-state index contributed by atoms with van der Waals surface area (Å²) in [5, 5.41) is 18.0. The van der Waals surface area contributed by atoms with Gasteiger partial charge in [0.15, 0.2) is 5.17 Å². The fourth-order valence-corrected chi connectivity index (χ4v) is 3.91. The van der Waals surface area contributed by atoms with Crippen molar-refractivity contribution in [3.63, 3.8) is 0 Å². The zero-order valence-electron chi connectivity index (χ0n) is 13.2. The second-order valence-corrected chi connectivity index (χ2v) is 7.11. The highest BCUT2D eigenvalue weighted by atomic mass is 32.2. The molecule has 0 bridgehead atoms. The summed E-state index contributed by atoms with van der Waals surface area (Å²) in [6, 6.07) is 0.170. The van der Waals surface area contributed by atoms with Gasteiger partial charge in [-0.25, -0.2) is 0 Å². The zero-order chi connectivity index (χ0) is 16.7. The molecular weight excluding hydrogens is 316 g/mol. The monoisotopic (exact) mass is 340 g/mol. The van der Waals surface area contributed by atoms with E-state index in [1.165, 1.54) is 6.42 Å². The molecule has 1 aliphatic carbocycles. The number of aliphatic carboxylic acids is 2. The van der Waals surface area contributed by atoms with E-state index in [1.54, 1.807) is 0 Å². The van der Waals surface area contributed by atoms with Crippen LogP contribution in [0, 0.1) is 0 Å². The molecule has 1 aliphatic heterocycles. The second-order valence-electron chi connectivity index (χ2n) is 5.94. The fourth-order valence-electron chi connectivity index (χ4n) is 2.79. The van der Waals surface area contributed by atoms with Crippen molar-refractivity contribution in [2.75, 3.05) is 13.1 Å². The summed E-state index contributed by atoms with van der Waals surface area (Å²) in [7, 11) is 0. The minimum absolute atomic E-state index is 0.170. The number of carboxylic acids is 2. The number of likely N-dealkylation sites (tertiary alicyclic amines) is 1. The lowest BCUT2D eigenvalue weighted by molar-refractivity contribution is -0.142. The van der Waals surface area contributed by atoms with Crippen molar-refractivity contribution in [2.45, 2.75) is 56.2 Å². The molecule has 0 aromatic rings. The average molecular weight is 340 g/mol. The molecule has 1 saturated heterocycles. The first-order valence-corrected chi connectivity index (χ1v) is 9.03. The number of amidine groups is 1. The van der Waals surface area contributed by atoms with E-state index >= 15 is 0 Å². The van der Waals surface area contributed by atoms with Gasteiger partial charge in [0.25, 0.3) is 0 Å². The molecule has 1 fully saturated rings. The first kappa shape index (κ1) is 17.8. The Hall–Kier alpha value is -1.50. The highest BCUT2D eigenvalue weighted by Gasteiger charge is 2.27. The molecule has 2 atom stereocenters. The number of allylic oxidation sites excluding steroid dienone is 1. The van der Waals surface area contributed by atoms with Gasteiger partial charge in [0.05, 0.1) is 12.5 Å². The van der Waals surface area contributed by atoms with Crippen molar-refractivity contribution in [3.05, 3.63) is 12.2 Å². The predicted octanol–water partition coefficient (Wildman–Crippen LogP) is 2.60. The summed E-state index contributed by atoms with van der Waals surface area (Å²) >= 11 is 1.10. The Morgan fingerprint density at radius 2 is 1.96 bits per heavy atom. The summed E-state index contributed by atoms with van der Waals surface area (Å²) in [6.45, 7) is 1.74. The Kier molecular flexibility index (Phi) is 6.95. The van der Waals surface area contributed by atoms with E-state index in [4.69, 9.17) is 10.1 Å². The van der Waals surface area contributed by atoms with Gasteiger partial charge in [-0.1, -0.05) is 23.9 Å². The zero-order valence-corrected chi connectivity index (χ0v) is 14.0. The van der Waals surface area contributed by atoms with E-state index < -0.39 is 23.6 Å². The quantitative estimate of drug-likeness (QED) is 0.454. The molecule has 2 aliphatic rings. The minimum atomic E-state index is -1.09. The molecule has 0 amide bonds. The van der Waals surface area contributed by atoms with Crippen LogP contribution in [0.25, 0.3) is 0 Å². The Morgan fingerprint density at radius 3 is 2.52 bits per heavy atom. The Balaban J connectivity index is 2.13. The number of carbonyl (C=O) groups is 2. The molecule has 23 heavy (non-hydrogen) atoms. The number of nitrogens with zero attached hydrogens (tertiary/aromatic N) is 2. The van der Waals surface area contributed by atoms with Crippen LogP contribution in [0.1, 0.15) is 44.9 Å². The maximum atomic E-state index is 11.4. The lowest BCUT2D eigenvalue weighted by atomic mass is 10.0. The molecule has 128 valence electrons. The smallest absolute Gasteiger partial charge is 0.317 e. The number of hydrogen-bond donors (Lipinski definition) is 2. The number of hydrogen-bond acceptors (Lipinski definition) is 4. The Morgan fingerprint density at radius 1 is 1.22 bits per heavy atom. The number of piperidine rings is 1. The molecule has 0 radical (unpaired) electrons. The first-order chi connectivity index (χ1) is 11.1. The van der Waals surface area contributed by atoms with E-state index in [-0.39, 0.29) is 6.04 Å². The van der Waals surface area contributed by atoms with Gasteiger partial charge in [-0.3, -0.25) is 14.6 Å². The van der Waals surface area contributed by atoms with Crippen molar-refractivity contribution in [1.29, 1.82) is 0 Å². The molecule has 6 nitrogen and oxygen atoms in total. The highest BCUT2D eigenvalue weighted by Crippen LogP contribution is 2.25. The number of rotatable bonds is 5. The maximum absolute atomic E-state index is 11.4. The van der Waals surface area contributed by atoms with Crippen LogP contribution in [0.5, 0.6) is 0 Å². The van der Waals surface area contributed by atoms with Crippen LogP contribution < -0.4 is 0 Å². The molecular formula is C16H24N2O4S. The lowest BCUT2D eigenvalue weighted by Crippen LogP contribution is -2.37. The van der Waals surface area contributed by atoms with E-state index in [2.05, 4.69) is 17.1 Å². The Labute approximate surface area is 140 Å². The van der Waals surface area contributed by atoms with Crippen molar-refractivity contribution >= 4 is 28.9 Å². The summed E-state index contributed by atoms with van der Waals surface area (Å²) in [5.41, 5.74) is 0. The Bertz CT molecular complexity index is 486. The molecule has 2 rings (SSSR count). The van der Waals surface area contributed by atoms with Crippen LogP contribution in [-0.4, -0.2) is 56.6 Å². The number of thioether (sulfide) groups is 1. The van der Waals surface area contributed by atoms with Crippen molar-refractivity contribution in [1.82, 2.24) is 4.90 Å². The van der Waals surface area contributed by atoms with E-state index in [0.717, 1.165) is 57.0 Å². The SMILES string of the molecule is O=C(O)C[C@H](SC(=N[C@H]1CC=CCC1)N1CCCCC1)C(=O)O. The third kappa shape index (κ3) is 5.89. The van der Waals surface area contributed by atoms with Crippen LogP contribution in [0.15, 0.2) is 17.1 Å². The summed E-state index contributed by atoms with van der Waals surface area (Å²) < 4.78 is 0. The van der Waals surface area contributed by atoms with Gasteiger partial charge in [0, 0.05) is 13.1 Å². The molecule has 0 aromatic carbocycles. The summed E-state index contributed by atoms with van der Waals surface area (Å²) in [6.07, 6.45) is 10.0. The van der Waals surface area contributed by atoms with E-state index in [0.29, 0.717) is 5.17 Å². The van der Waals surface area contributed by atoms with E-state index in [9.17, 15) is 14.7 Å². The van der Waals surface area contributed by atoms with Gasteiger partial charge in [0.2, 0.25) is 0 Å². The van der Waals surface area contributed by atoms with Gasteiger partial charge in [-0.15, -0.1) is 0 Å². The third-order valence-electron chi connectivity index (χ3n) is 4.04. The number of aliphatic imine (C=N–C) groups is 1. The van der Waals surface area contributed by atoms with Crippen molar-refractivity contribution in [3.8, 4) is 0 Å². The standard InChI is InChI=1S/C16H24N2O4S/c19-14(20)11-13(15(21)22)23-16(18-9-5-2-6-10-18)17-12-7-3-1-4-8-12/h1,3,12-13H,2,4-11H2,(H,19,20)(H,21,22)/t12-,13-/m0/s1. The van der Waals surface area contributed by atoms with Crippen LogP contribution >= 0.6 is 11.8 Å². The fraction of sp³-hybridized carbons (Fsp3) is 0.688. The lowest BCUT2D eigenvalue weighted by Gasteiger charge is -2.31. The average Bonchev–Trinajstić information content (AvgIpc) is 2.54. The second kappa shape index (κ2) is 8.96. The summed E-state index contributed by atoms with van der Waals surface area (Å²) in [4.78, 5) is 29.2. The van der Waals surface area contributed by atoms with Gasteiger partial charge in [-0.05, 0) is 38.5 Å². The van der Waals surface area contributed by atoms with Crippen LogP contribution in [0.4, 0.5) is 0 Å². The summed E-state index contributed by atoms with van der Waals surface area (Å²) in [5.74, 6) is -2.19. The van der Waals surface area contributed by atoms with Crippen LogP contribution in [0.3, 0.4) is 0 Å². The first-order valence-electron chi connectivity index (χ1n) is 8.15. The van der Waals surface area contributed by atoms with Gasteiger partial charge in [-0.2, -0.15) is 0 Å². The molecule has 2 N–H and O–H groups in total. The van der Waals surface area contributed by atoms with Gasteiger partial charge < -0.3 is 15.1 Å². The molecule has 7 heteroatoms. The molecule has 0 spiro atoms. The molecule has 1 heterocycles. The normalized spacial score (nSPS) is 23.6. The molecule has 0 aromatic heterocycles. The van der Waals surface area contributed by atoms with Crippen LogP contribution in [-0.2, 0) is 9.59 Å². The van der Waals surface area contributed by atoms with E-state index in [1.807, 2.05) is 0 Å². The molecule has 0 saturated carbocycles. The van der Waals surface area contributed by atoms with Crippen molar-refractivity contribution in [2.24, 2.45) is 4.99 Å². The van der Waals surface area contributed by atoms with Gasteiger partial charge in [0.1, 0.15) is 5.25 Å². The van der Waals surface area contributed by atoms with Crippen molar-refractivity contribution < 1.29 is 19.8 Å².